The Morgan fingerprint density at radius 3 is 2.57 bits per heavy atom. The first-order valence-corrected chi connectivity index (χ1v) is 9.11. The molecule has 10 heteroatoms. The van der Waals surface area contributed by atoms with Crippen LogP contribution in [0.1, 0.15) is 12.8 Å². The van der Waals surface area contributed by atoms with Crippen LogP contribution in [0.3, 0.4) is 0 Å². The quantitative estimate of drug-likeness (QED) is 0.316. The van der Waals surface area contributed by atoms with Gasteiger partial charge in [-0.05, 0) is 38.6 Å². The molecule has 0 spiro atoms. The molecule has 1 aliphatic rings. The predicted octanol–water partition coefficient (Wildman–Crippen LogP) is 2.59. The van der Waals surface area contributed by atoms with E-state index < -0.39 is 24.4 Å². The summed E-state index contributed by atoms with van der Waals surface area (Å²) in [5.74, 6) is -0.670. The Kier molecular flexibility index (Phi) is 7.85. The highest BCUT2D eigenvalue weighted by Gasteiger charge is 2.29. The number of aliphatic imine (C=N–C) groups is 1. The maximum atomic E-state index is 13.9. The molecule has 0 saturated carbocycles. The number of alkyl halides is 3. The molecule has 0 aliphatic carbocycles. The second kappa shape index (κ2) is 9.90. The number of para-hydroxylation sites is 1. The lowest BCUT2D eigenvalue weighted by molar-refractivity contribution is -0.143. The topological polar surface area (TPSA) is 42.9 Å². The van der Waals surface area contributed by atoms with Crippen LogP contribution in [-0.2, 0) is 0 Å². The molecule has 0 radical (unpaired) electrons. The van der Waals surface area contributed by atoms with Gasteiger partial charge in [0, 0.05) is 32.7 Å². The van der Waals surface area contributed by atoms with Gasteiger partial charge in [0.2, 0.25) is 0 Å². The summed E-state index contributed by atoms with van der Waals surface area (Å²) in [4.78, 5) is 6.97. The number of hydrogen-bond donors (Lipinski definition) is 2. The van der Waals surface area contributed by atoms with Crippen molar-refractivity contribution in [3.05, 3.63) is 29.8 Å². The van der Waals surface area contributed by atoms with Gasteiger partial charge in [-0.3, -0.25) is 9.89 Å². The van der Waals surface area contributed by atoms with Crippen molar-refractivity contribution in [1.29, 1.82) is 0 Å². The van der Waals surface area contributed by atoms with Crippen molar-refractivity contribution >= 4 is 11.6 Å². The van der Waals surface area contributed by atoms with Gasteiger partial charge < -0.3 is 15.5 Å². The zero-order valence-electron chi connectivity index (χ0n) is 16.0. The Morgan fingerprint density at radius 1 is 1.29 bits per heavy atom. The van der Waals surface area contributed by atoms with Crippen LogP contribution >= 0.6 is 0 Å². The average molecular weight is 407 g/mol. The number of guanidine groups is 1. The summed E-state index contributed by atoms with van der Waals surface area (Å²) in [6, 6.07) is 3.75. The van der Waals surface area contributed by atoms with Crippen molar-refractivity contribution in [1.82, 2.24) is 15.5 Å². The zero-order valence-corrected chi connectivity index (χ0v) is 16.0. The minimum Gasteiger partial charge on any atom is -0.365 e. The lowest BCUT2D eigenvalue weighted by Crippen LogP contribution is -2.45. The molecule has 0 amide bonds. The molecule has 28 heavy (non-hydrogen) atoms. The molecule has 1 heterocycles. The maximum absolute atomic E-state index is 13.9. The molecule has 1 aromatic rings. The van der Waals surface area contributed by atoms with E-state index in [0.29, 0.717) is 45.0 Å². The normalized spacial score (nSPS) is 18.1. The van der Waals surface area contributed by atoms with Crippen LogP contribution in [-0.4, -0.2) is 69.9 Å². The predicted molar refractivity (Wildman–Crippen MR) is 99.6 cm³/mol. The molecule has 0 bridgehead atoms. The van der Waals surface area contributed by atoms with E-state index in [1.807, 2.05) is 0 Å². The Morgan fingerprint density at radius 2 is 1.96 bits per heavy atom. The molecule has 1 aromatic carbocycles. The summed E-state index contributed by atoms with van der Waals surface area (Å²) >= 11 is 0. The van der Waals surface area contributed by atoms with Crippen molar-refractivity contribution in [2.45, 2.75) is 25.1 Å². The van der Waals surface area contributed by atoms with Gasteiger partial charge in [0.1, 0.15) is 17.3 Å². The molecular weight excluding hydrogens is 381 g/mol. The fourth-order valence-electron chi connectivity index (χ4n) is 3.20. The molecule has 1 atom stereocenters. The van der Waals surface area contributed by atoms with Crippen molar-refractivity contribution in [2.75, 3.05) is 51.7 Å². The van der Waals surface area contributed by atoms with E-state index >= 15 is 0 Å². The molecule has 2 rings (SSSR count). The Bertz CT molecular complexity index is 644. The first-order chi connectivity index (χ1) is 13.2. The van der Waals surface area contributed by atoms with Gasteiger partial charge in [0.25, 0.3) is 0 Å². The van der Waals surface area contributed by atoms with E-state index in [1.54, 1.807) is 11.9 Å². The standard InChI is InChI=1S/C18H26F5N5/c1-24-17(25-8-4-9-27(2)12-18(21,22)23)26-13-7-10-28(11-13)16-14(19)5-3-6-15(16)20/h3,5-6,13H,4,7-12H2,1-2H3,(H2,24,25,26). The van der Waals surface area contributed by atoms with Crippen LogP contribution in [0.2, 0.25) is 0 Å². The van der Waals surface area contributed by atoms with Crippen molar-refractivity contribution in [2.24, 2.45) is 4.99 Å². The first kappa shape index (κ1) is 22.2. The van der Waals surface area contributed by atoms with Crippen LogP contribution in [0.5, 0.6) is 0 Å². The lowest BCUT2D eigenvalue weighted by atomic mass is 10.2. The van der Waals surface area contributed by atoms with E-state index in [-0.39, 0.29) is 11.7 Å². The van der Waals surface area contributed by atoms with Gasteiger partial charge in [-0.2, -0.15) is 13.2 Å². The zero-order chi connectivity index (χ0) is 20.7. The van der Waals surface area contributed by atoms with Crippen molar-refractivity contribution in [3.63, 3.8) is 0 Å². The van der Waals surface area contributed by atoms with Gasteiger partial charge in [-0.15, -0.1) is 0 Å². The van der Waals surface area contributed by atoms with E-state index in [0.717, 1.165) is 0 Å². The molecule has 1 aliphatic heterocycles. The minimum atomic E-state index is -4.20. The highest BCUT2D eigenvalue weighted by atomic mass is 19.4. The second-order valence-electron chi connectivity index (χ2n) is 6.85. The fourth-order valence-corrected chi connectivity index (χ4v) is 3.20. The van der Waals surface area contributed by atoms with E-state index in [2.05, 4.69) is 15.6 Å². The van der Waals surface area contributed by atoms with Crippen molar-refractivity contribution in [3.8, 4) is 0 Å². The van der Waals surface area contributed by atoms with Gasteiger partial charge in [-0.1, -0.05) is 6.07 Å². The summed E-state index contributed by atoms with van der Waals surface area (Å²) in [6.07, 6.45) is -3.00. The van der Waals surface area contributed by atoms with Crippen LogP contribution < -0.4 is 15.5 Å². The largest absolute Gasteiger partial charge is 0.401 e. The van der Waals surface area contributed by atoms with E-state index in [4.69, 9.17) is 0 Å². The van der Waals surface area contributed by atoms with Crippen LogP contribution in [0, 0.1) is 11.6 Å². The molecule has 1 saturated heterocycles. The minimum absolute atomic E-state index is 0.0255. The molecule has 2 N–H and O–H groups in total. The molecular formula is C18H26F5N5. The Labute approximate surface area is 161 Å². The van der Waals surface area contributed by atoms with Crippen LogP contribution in [0.25, 0.3) is 0 Å². The lowest BCUT2D eigenvalue weighted by Gasteiger charge is -2.22. The van der Waals surface area contributed by atoms with E-state index in [9.17, 15) is 22.0 Å². The maximum Gasteiger partial charge on any atom is 0.401 e. The van der Waals surface area contributed by atoms with Crippen LogP contribution in [0.15, 0.2) is 23.2 Å². The summed E-state index contributed by atoms with van der Waals surface area (Å²) in [5, 5.41) is 6.25. The first-order valence-electron chi connectivity index (χ1n) is 9.11. The number of rotatable bonds is 7. The van der Waals surface area contributed by atoms with Gasteiger partial charge in [-0.25, -0.2) is 8.78 Å². The smallest absolute Gasteiger partial charge is 0.365 e. The number of nitrogens with zero attached hydrogens (tertiary/aromatic N) is 3. The summed E-state index contributed by atoms with van der Waals surface area (Å²) in [5.41, 5.74) is -0.0255. The van der Waals surface area contributed by atoms with Crippen LogP contribution in [0.4, 0.5) is 27.6 Å². The molecule has 158 valence electrons. The number of halogens is 5. The Hall–Kier alpha value is -2.10. The van der Waals surface area contributed by atoms with Gasteiger partial charge in [0.05, 0.1) is 6.54 Å². The third kappa shape index (κ3) is 6.81. The molecule has 1 unspecified atom stereocenters. The van der Waals surface area contributed by atoms with Gasteiger partial charge >= 0.3 is 6.18 Å². The van der Waals surface area contributed by atoms with Crippen molar-refractivity contribution < 1.29 is 22.0 Å². The molecule has 1 fully saturated rings. The monoisotopic (exact) mass is 407 g/mol. The number of nitrogens with one attached hydrogen (secondary N) is 2. The van der Waals surface area contributed by atoms with Gasteiger partial charge in [0.15, 0.2) is 5.96 Å². The average Bonchev–Trinajstić information content (AvgIpc) is 3.04. The highest BCUT2D eigenvalue weighted by molar-refractivity contribution is 5.80. The second-order valence-corrected chi connectivity index (χ2v) is 6.85. The molecule has 5 nitrogen and oxygen atoms in total. The van der Waals surface area contributed by atoms with E-state index in [1.165, 1.54) is 30.1 Å². The molecule has 0 aromatic heterocycles. The Balaban J connectivity index is 1.75. The fraction of sp³-hybridized carbons (Fsp3) is 0.611. The summed E-state index contributed by atoms with van der Waals surface area (Å²) in [6.45, 7) is 0.750. The third-order valence-corrected chi connectivity index (χ3v) is 4.46. The number of benzene rings is 1. The highest BCUT2D eigenvalue weighted by Crippen LogP contribution is 2.26. The summed E-state index contributed by atoms with van der Waals surface area (Å²) < 4.78 is 64.7. The summed E-state index contributed by atoms with van der Waals surface area (Å²) in [7, 11) is 3.02. The third-order valence-electron chi connectivity index (χ3n) is 4.46. The number of hydrogen-bond acceptors (Lipinski definition) is 3. The number of anilines is 1. The SMILES string of the molecule is CN=C(NCCCN(C)CC(F)(F)F)NC1CCN(c2c(F)cccc2F)C1.